The van der Waals surface area contributed by atoms with Crippen molar-refractivity contribution in [2.45, 2.75) is 4.90 Å². The molecule has 1 rings (SSSR count). The van der Waals surface area contributed by atoms with E-state index >= 15 is 0 Å². The Morgan fingerprint density at radius 2 is 2.13 bits per heavy atom. The minimum Gasteiger partial charge on any atom is -0.465 e. The number of hydrogen-bond acceptors (Lipinski definition) is 5. The number of nitrogens with two attached hydrogens (primary N) is 1. The lowest BCUT2D eigenvalue weighted by Crippen LogP contribution is -2.30. The van der Waals surface area contributed by atoms with Gasteiger partial charge in [-0.15, -0.1) is 0 Å². The SMILES string of the molecule is COC(=O)c1cccc(S(=O)(=O)NN)c1. The highest BCUT2D eigenvalue weighted by atomic mass is 32.2. The number of sulfonamides is 1. The fourth-order valence-corrected chi connectivity index (χ4v) is 1.65. The Labute approximate surface area is 87.1 Å². The summed E-state index contributed by atoms with van der Waals surface area (Å²) in [7, 11) is -2.53. The molecule has 15 heavy (non-hydrogen) atoms. The average Bonchev–Trinajstić information content (AvgIpc) is 2.28. The summed E-state index contributed by atoms with van der Waals surface area (Å²) < 4.78 is 27.0. The molecule has 0 spiro atoms. The minimum absolute atomic E-state index is 0.0899. The Morgan fingerprint density at radius 3 is 2.67 bits per heavy atom. The maximum Gasteiger partial charge on any atom is 0.337 e. The van der Waals surface area contributed by atoms with Crippen LogP contribution in [0.5, 0.6) is 0 Å². The van der Waals surface area contributed by atoms with E-state index in [1.807, 2.05) is 0 Å². The number of ether oxygens (including phenoxy) is 1. The van der Waals surface area contributed by atoms with Gasteiger partial charge in [0.25, 0.3) is 10.0 Å². The molecule has 82 valence electrons. The van der Waals surface area contributed by atoms with Crippen LogP contribution in [-0.2, 0) is 14.8 Å². The van der Waals surface area contributed by atoms with Crippen molar-refractivity contribution in [2.24, 2.45) is 5.84 Å². The number of benzene rings is 1. The molecular formula is C8H10N2O4S. The third-order valence-electron chi connectivity index (χ3n) is 1.72. The van der Waals surface area contributed by atoms with Crippen LogP contribution in [0.3, 0.4) is 0 Å². The molecule has 0 radical (unpaired) electrons. The monoisotopic (exact) mass is 230 g/mol. The summed E-state index contributed by atoms with van der Waals surface area (Å²) in [4.78, 5) is 12.7. The molecule has 6 nitrogen and oxygen atoms in total. The van der Waals surface area contributed by atoms with Gasteiger partial charge >= 0.3 is 5.97 Å². The number of hydrazine groups is 1. The molecule has 0 amide bonds. The molecule has 0 saturated carbocycles. The van der Waals surface area contributed by atoms with Crippen LogP contribution >= 0.6 is 0 Å². The zero-order valence-corrected chi connectivity index (χ0v) is 8.74. The summed E-state index contributed by atoms with van der Waals surface area (Å²) in [6.45, 7) is 0. The maximum absolute atomic E-state index is 11.3. The first-order valence-corrected chi connectivity index (χ1v) is 5.40. The van der Waals surface area contributed by atoms with Gasteiger partial charge < -0.3 is 4.74 Å². The number of hydrogen-bond donors (Lipinski definition) is 2. The van der Waals surface area contributed by atoms with Crippen molar-refractivity contribution in [2.75, 3.05) is 7.11 Å². The first kappa shape index (κ1) is 11.6. The smallest absolute Gasteiger partial charge is 0.337 e. The van der Waals surface area contributed by atoms with Crippen molar-refractivity contribution in [1.82, 2.24) is 4.83 Å². The first-order chi connectivity index (χ1) is 7.01. The predicted octanol–water partition coefficient (Wildman–Crippen LogP) is -0.375. The quantitative estimate of drug-likeness (QED) is 0.419. The van der Waals surface area contributed by atoms with Gasteiger partial charge in [-0.05, 0) is 18.2 Å². The van der Waals surface area contributed by atoms with Gasteiger partial charge in [0.2, 0.25) is 0 Å². The number of carbonyl (C=O) groups is 1. The molecule has 0 saturated heterocycles. The molecule has 3 N–H and O–H groups in total. The van der Waals surface area contributed by atoms with Crippen molar-refractivity contribution in [3.8, 4) is 0 Å². The van der Waals surface area contributed by atoms with Crippen molar-refractivity contribution in [3.05, 3.63) is 29.8 Å². The Hall–Kier alpha value is -1.44. The van der Waals surface area contributed by atoms with Gasteiger partial charge in [0, 0.05) is 0 Å². The summed E-state index contributed by atoms with van der Waals surface area (Å²) in [6, 6.07) is 5.38. The van der Waals surface area contributed by atoms with Crippen LogP contribution in [-0.4, -0.2) is 21.5 Å². The topological polar surface area (TPSA) is 98.5 Å². The van der Waals surface area contributed by atoms with E-state index in [0.717, 1.165) is 0 Å². The third kappa shape index (κ3) is 2.52. The third-order valence-corrected chi connectivity index (χ3v) is 2.91. The van der Waals surface area contributed by atoms with E-state index in [1.54, 1.807) is 4.83 Å². The fourth-order valence-electron chi connectivity index (χ4n) is 0.976. The van der Waals surface area contributed by atoms with Crippen LogP contribution in [0.4, 0.5) is 0 Å². The second kappa shape index (κ2) is 4.39. The molecule has 0 aliphatic carbocycles. The minimum atomic E-state index is -3.74. The molecule has 0 atom stereocenters. The molecular weight excluding hydrogens is 220 g/mol. The molecule has 0 aliphatic rings. The number of esters is 1. The lowest BCUT2D eigenvalue weighted by molar-refractivity contribution is 0.0600. The van der Waals surface area contributed by atoms with Crippen LogP contribution in [0.25, 0.3) is 0 Å². The lowest BCUT2D eigenvalue weighted by Gasteiger charge is -2.03. The molecule has 7 heteroatoms. The molecule has 0 heterocycles. The normalized spacial score (nSPS) is 11.1. The number of rotatable bonds is 3. The van der Waals surface area contributed by atoms with Crippen LogP contribution in [0.2, 0.25) is 0 Å². The van der Waals surface area contributed by atoms with Gasteiger partial charge in [0.15, 0.2) is 0 Å². The molecule has 1 aromatic rings. The summed E-state index contributed by atoms with van der Waals surface area (Å²) in [5.41, 5.74) is 0.147. The summed E-state index contributed by atoms with van der Waals surface area (Å²) in [6.07, 6.45) is 0. The summed E-state index contributed by atoms with van der Waals surface area (Å²) in [5.74, 6) is 4.24. The van der Waals surface area contributed by atoms with E-state index in [1.165, 1.54) is 31.4 Å². The van der Waals surface area contributed by atoms with E-state index in [0.29, 0.717) is 0 Å². The van der Waals surface area contributed by atoms with Crippen molar-refractivity contribution in [1.29, 1.82) is 0 Å². The van der Waals surface area contributed by atoms with Gasteiger partial charge in [0.1, 0.15) is 0 Å². The average molecular weight is 230 g/mol. The Kier molecular flexibility index (Phi) is 3.40. The number of methoxy groups -OCH3 is 1. The van der Waals surface area contributed by atoms with Gasteiger partial charge in [-0.1, -0.05) is 6.07 Å². The second-order valence-corrected chi connectivity index (χ2v) is 4.35. The zero-order valence-electron chi connectivity index (χ0n) is 7.93. The molecule has 0 fully saturated rings. The first-order valence-electron chi connectivity index (χ1n) is 3.92. The predicted molar refractivity (Wildman–Crippen MR) is 52.3 cm³/mol. The lowest BCUT2D eigenvalue weighted by atomic mass is 10.2. The van der Waals surface area contributed by atoms with E-state index in [4.69, 9.17) is 5.84 Å². The highest BCUT2D eigenvalue weighted by Crippen LogP contribution is 2.11. The van der Waals surface area contributed by atoms with Gasteiger partial charge in [-0.3, -0.25) is 5.84 Å². The van der Waals surface area contributed by atoms with E-state index in [9.17, 15) is 13.2 Å². The van der Waals surface area contributed by atoms with Crippen LogP contribution in [0.15, 0.2) is 29.2 Å². The van der Waals surface area contributed by atoms with Gasteiger partial charge in [0.05, 0.1) is 17.6 Å². The molecule has 0 aliphatic heterocycles. The Bertz CT molecular complexity index is 469. The van der Waals surface area contributed by atoms with E-state index in [-0.39, 0.29) is 10.5 Å². The second-order valence-electron chi connectivity index (χ2n) is 2.64. The summed E-state index contributed by atoms with van der Waals surface area (Å²) in [5, 5.41) is 0. The summed E-state index contributed by atoms with van der Waals surface area (Å²) >= 11 is 0. The maximum atomic E-state index is 11.3. The van der Waals surface area contributed by atoms with Crippen molar-refractivity contribution >= 4 is 16.0 Å². The Balaban J connectivity index is 3.20. The molecule has 0 aromatic heterocycles. The van der Waals surface area contributed by atoms with Gasteiger partial charge in [-0.25, -0.2) is 13.2 Å². The zero-order chi connectivity index (χ0) is 11.5. The number of nitrogens with one attached hydrogen (secondary N) is 1. The molecule has 1 aromatic carbocycles. The largest absolute Gasteiger partial charge is 0.465 e. The van der Waals surface area contributed by atoms with Crippen LogP contribution in [0, 0.1) is 0 Å². The van der Waals surface area contributed by atoms with E-state index < -0.39 is 16.0 Å². The van der Waals surface area contributed by atoms with Crippen molar-refractivity contribution in [3.63, 3.8) is 0 Å². The molecule has 0 bridgehead atoms. The van der Waals surface area contributed by atoms with Crippen LogP contribution < -0.4 is 10.7 Å². The molecule has 0 unspecified atom stereocenters. The standard InChI is InChI=1S/C8H10N2O4S/c1-14-8(11)6-3-2-4-7(5-6)15(12,13)10-9/h2-5,10H,9H2,1H3. The highest BCUT2D eigenvalue weighted by Gasteiger charge is 2.14. The fraction of sp³-hybridized carbons (Fsp3) is 0.125. The van der Waals surface area contributed by atoms with E-state index in [2.05, 4.69) is 4.74 Å². The Morgan fingerprint density at radius 1 is 1.47 bits per heavy atom. The number of carbonyl (C=O) groups excluding carboxylic acids is 1. The highest BCUT2D eigenvalue weighted by molar-refractivity contribution is 7.89. The van der Waals surface area contributed by atoms with Gasteiger partial charge in [-0.2, -0.15) is 4.83 Å². The van der Waals surface area contributed by atoms with Crippen molar-refractivity contribution < 1.29 is 17.9 Å². The van der Waals surface area contributed by atoms with Crippen LogP contribution in [0.1, 0.15) is 10.4 Å².